The molecule has 3 aromatic rings. The van der Waals surface area contributed by atoms with Gasteiger partial charge in [0.15, 0.2) is 6.61 Å². The van der Waals surface area contributed by atoms with E-state index in [9.17, 15) is 4.79 Å². The number of aromatic nitrogens is 2. The van der Waals surface area contributed by atoms with Crippen molar-refractivity contribution in [3.8, 4) is 17.4 Å². The second-order valence-electron chi connectivity index (χ2n) is 4.35. The van der Waals surface area contributed by atoms with Crippen LogP contribution in [-0.2, 0) is 4.79 Å². The topological polar surface area (TPSA) is 73.3 Å². The van der Waals surface area contributed by atoms with Crippen LogP contribution in [0.1, 0.15) is 0 Å². The molecule has 0 aliphatic heterocycles. The lowest BCUT2D eigenvalue weighted by atomic mass is 10.3. The first-order valence-corrected chi connectivity index (χ1v) is 7.44. The van der Waals surface area contributed by atoms with Crippen LogP contribution in [0, 0.1) is 0 Å². The smallest absolute Gasteiger partial charge is 0.257 e. The van der Waals surface area contributed by atoms with Gasteiger partial charge in [-0.3, -0.25) is 4.79 Å². The van der Waals surface area contributed by atoms with E-state index in [4.69, 9.17) is 9.47 Å². The molecule has 0 unspecified atom stereocenters. The summed E-state index contributed by atoms with van der Waals surface area (Å²) in [7, 11) is 1.56. The van der Waals surface area contributed by atoms with Gasteiger partial charge >= 0.3 is 0 Å². The maximum Gasteiger partial charge on any atom is 0.257 e. The first-order valence-electron chi connectivity index (χ1n) is 6.56. The lowest BCUT2D eigenvalue weighted by Gasteiger charge is -2.08. The Morgan fingerprint density at radius 1 is 1.27 bits per heavy atom. The monoisotopic (exact) mass is 315 g/mol. The van der Waals surface area contributed by atoms with Crippen molar-refractivity contribution in [3.05, 3.63) is 42.0 Å². The molecule has 0 aliphatic rings. The highest BCUT2D eigenvalue weighted by molar-refractivity contribution is 7.17. The Morgan fingerprint density at radius 2 is 2.14 bits per heavy atom. The Labute approximate surface area is 130 Å². The Balaban J connectivity index is 1.78. The number of hydrogen-bond donors (Lipinski definition) is 1. The van der Waals surface area contributed by atoms with Crippen LogP contribution >= 0.6 is 11.3 Å². The zero-order valence-corrected chi connectivity index (χ0v) is 12.6. The molecule has 1 amide bonds. The molecule has 0 radical (unpaired) electrons. The van der Waals surface area contributed by atoms with Crippen molar-refractivity contribution in [2.45, 2.75) is 0 Å². The van der Waals surface area contributed by atoms with Crippen LogP contribution in [0.2, 0.25) is 0 Å². The quantitative estimate of drug-likeness (QED) is 0.783. The molecule has 2 heterocycles. The van der Waals surface area contributed by atoms with Gasteiger partial charge in [-0.2, -0.15) is 0 Å². The van der Waals surface area contributed by atoms with Gasteiger partial charge in [0, 0.05) is 13.1 Å². The molecule has 1 aromatic carbocycles. The number of benzene rings is 1. The number of thiophene rings is 1. The van der Waals surface area contributed by atoms with Crippen molar-refractivity contribution in [1.29, 1.82) is 0 Å². The van der Waals surface area contributed by atoms with Crippen LogP contribution in [0.4, 0.5) is 0 Å². The van der Waals surface area contributed by atoms with E-state index in [0.717, 1.165) is 10.2 Å². The van der Waals surface area contributed by atoms with Crippen LogP contribution in [0.3, 0.4) is 0 Å². The highest BCUT2D eigenvalue weighted by Crippen LogP contribution is 2.31. The zero-order valence-electron chi connectivity index (χ0n) is 11.8. The molecule has 22 heavy (non-hydrogen) atoms. The third-order valence-electron chi connectivity index (χ3n) is 2.88. The predicted molar refractivity (Wildman–Crippen MR) is 83.5 cm³/mol. The average Bonchev–Trinajstić information content (AvgIpc) is 3.03. The summed E-state index contributed by atoms with van der Waals surface area (Å²) in [5.74, 6) is 1.45. The Morgan fingerprint density at radius 3 is 3.00 bits per heavy atom. The third-order valence-corrected chi connectivity index (χ3v) is 3.77. The fourth-order valence-electron chi connectivity index (χ4n) is 1.80. The van der Waals surface area contributed by atoms with Crippen LogP contribution < -0.4 is 14.8 Å². The molecule has 0 aliphatic carbocycles. The Kier molecular flexibility index (Phi) is 4.15. The van der Waals surface area contributed by atoms with Gasteiger partial charge in [0.05, 0.1) is 5.52 Å². The molecule has 2 aromatic heterocycles. The zero-order chi connectivity index (χ0) is 15.4. The number of hydrogen-bond acceptors (Lipinski definition) is 6. The van der Waals surface area contributed by atoms with Gasteiger partial charge in [-0.05, 0) is 23.6 Å². The van der Waals surface area contributed by atoms with Gasteiger partial charge in [0.2, 0.25) is 5.88 Å². The maximum absolute atomic E-state index is 11.2. The molecule has 112 valence electrons. The van der Waals surface area contributed by atoms with Gasteiger partial charge in [0.1, 0.15) is 22.5 Å². The van der Waals surface area contributed by atoms with Gasteiger partial charge in [-0.1, -0.05) is 6.07 Å². The molecule has 1 N–H and O–H groups in total. The summed E-state index contributed by atoms with van der Waals surface area (Å²) in [4.78, 5) is 19.5. The second-order valence-corrected chi connectivity index (χ2v) is 5.27. The first-order chi connectivity index (χ1) is 10.8. The number of carbonyl (C=O) groups excluding carboxylic acids is 1. The molecule has 6 nitrogen and oxygen atoms in total. The van der Waals surface area contributed by atoms with Crippen LogP contribution in [0.5, 0.6) is 17.4 Å². The first kappa shape index (κ1) is 14.3. The van der Waals surface area contributed by atoms with Crippen LogP contribution in [-0.4, -0.2) is 29.5 Å². The molecular formula is C15H13N3O3S. The SMILES string of the molecule is CNC(=O)COc1cccc(Oc2ncnc3ccsc23)c1. The van der Waals surface area contributed by atoms with Crippen molar-refractivity contribution in [1.82, 2.24) is 15.3 Å². The minimum atomic E-state index is -0.192. The van der Waals surface area contributed by atoms with E-state index < -0.39 is 0 Å². The summed E-state index contributed by atoms with van der Waals surface area (Å²) in [5.41, 5.74) is 0.849. The van der Waals surface area contributed by atoms with Crippen molar-refractivity contribution in [2.24, 2.45) is 0 Å². The Hall–Kier alpha value is -2.67. The molecule has 0 atom stereocenters. The number of likely N-dealkylation sites (N-methyl/N-ethyl adjacent to an activating group) is 1. The molecule has 0 saturated carbocycles. The molecule has 7 heteroatoms. The van der Waals surface area contributed by atoms with Gasteiger partial charge < -0.3 is 14.8 Å². The van der Waals surface area contributed by atoms with Crippen molar-refractivity contribution >= 4 is 27.5 Å². The summed E-state index contributed by atoms with van der Waals surface area (Å²) in [6, 6.07) is 8.98. The summed E-state index contributed by atoms with van der Waals surface area (Å²) >= 11 is 1.52. The molecule has 0 fully saturated rings. The van der Waals surface area contributed by atoms with Crippen molar-refractivity contribution in [2.75, 3.05) is 13.7 Å². The van der Waals surface area contributed by atoms with E-state index in [-0.39, 0.29) is 12.5 Å². The minimum absolute atomic E-state index is 0.0391. The van der Waals surface area contributed by atoms with Crippen LogP contribution in [0.15, 0.2) is 42.0 Å². The number of amides is 1. The molecule has 3 rings (SSSR count). The number of nitrogens with zero attached hydrogens (tertiary/aromatic N) is 2. The maximum atomic E-state index is 11.2. The second kappa shape index (κ2) is 6.40. The fourth-order valence-corrected chi connectivity index (χ4v) is 2.57. The van der Waals surface area contributed by atoms with E-state index in [2.05, 4.69) is 15.3 Å². The normalized spacial score (nSPS) is 10.4. The number of carbonyl (C=O) groups is 1. The molecular weight excluding hydrogens is 302 g/mol. The molecule has 0 saturated heterocycles. The largest absolute Gasteiger partial charge is 0.484 e. The predicted octanol–water partition coefficient (Wildman–Crippen LogP) is 2.61. The standard InChI is InChI=1S/C15H13N3O3S/c1-16-13(19)8-20-10-3-2-4-11(7-10)21-15-14-12(5-6-22-14)17-9-18-15/h2-7,9H,8H2,1H3,(H,16,19). The summed E-state index contributed by atoms with van der Waals surface area (Å²) in [5, 5.41) is 4.44. The Bertz CT molecular complexity index is 803. The van der Waals surface area contributed by atoms with E-state index in [1.54, 1.807) is 31.3 Å². The molecule has 0 spiro atoms. The number of rotatable bonds is 5. The lowest BCUT2D eigenvalue weighted by molar-refractivity contribution is -0.122. The number of nitrogens with one attached hydrogen (secondary N) is 1. The van der Waals surface area contributed by atoms with Crippen molar-refractivity contribution in [3.63, 3.8) is 0 Å². The minimum Gasteiger partial charge on any atom is -0.484 e. The van der Waals surface area contributed by atoms with E-state index in [0.29, 0.717) is 17.4 Å². The fraction of sp³-hybridized carbons (Fsp3) is 0.133. The van der Waals surface area contributed by atoms with Gasteiger partial charge in [-0.25, -0.2) is 9.97 Å². The van der Waals surface area contributed by atoms with E-state index >= 15 is 0 Å². The van der Waals surface area contributed by atoms with Gasteiger partial charge in [0.25, 0.3) is 5.91 Å². The molecule has 0 bridgehead atoms. The third kappa shape index (κ3) is 3.15. The lowest BCUT2D eigenvalue weighted by Crippen LogP contribution is -2.24. The number of ether oxygens (including phenoxy) is 2. The van der Waals surface area contributed by atoms with Crippen molar-refractivity contribution < 1.29 is 14.3 Å². The highest BCUT2D eigenvalue weighted by atomic mass is 32.1. The van der Waals surface area contributed by atoms with Crippen LogP contribution in [0.25, 0.3) is 10.2 Å². The van der Waals surface area contributed by atoms with E-state index in [1.807, 2.05) is 11.4 Å². The average molecular weight is 315 g/mol. The summed E-state index contributed by atoms with van der Waals surface area (Å²) in [6.07, 6.45) is 1.47. The summed E-state index contributed by atoms with van der Waals surface area (Å²) < 4.78 is 12.1. The highest BCUT2D eigenvalue weighted by Gasteiger charge is 2.08. The number of fused-ring (bicyclic) bond motifs is 1. The van der Waals surface area contributed by atoms with Gasteiger partial charge in [-0.15, -0.1) is 11.3 Å². The summed E-state index contributed by atoms with van der Waals surface area (Å²) in [6.45, 7) is -0.0391. The van der Waals surface area contributed by atoms with E-state index in [1.165, 1.54) is 17.7 Å².